The summed E-state index contributed by atoms with van der Waals surface area (Å²) >= 11 is 1.59. The number of ether oxygens (including phenoxy) is 1. The van der Waals surface area contributed by atoms with Crippen molar-refractivity contribution in [3.8, 4) is 27.6 Å². The topological polar surface area (TPSA) is 62.7 Å². The average molecular weight is 476 g/mol. The lowest BCUT2D eigenvalue weighted by molar-refractivity contribution is -0.134. The summed E-state index contributed by atoms with van der Waals surface area (Å²) in [7, 11) is 0. The van der Waals surface area contributed by atoms with Crippen LogP contribution in [0, 0.1) is 5.92 Å². The molecule has 0 bridgehead atoms. The number of hydrogen-bond donors (Lipinski definition) is 0. The third-order valence-corrected chi connectivity index (χ3v) is 7.57. The minimum atomic E-state index is -0.573. The highest BCUT2D eigenvalue weighted by Gasteiger charge is 2.36. The first kappa shape index (κ1) is 22.6. The number of benzene rings is 2. The van der Waals surface area contributed by atoms with Gasteiger partial charge < -0.3 is 9.64 Å². The summed E-state index contributed by atoms with van der Waals surface area (Å²) in [5.74, 6) is 1.11. The third kappa shape index (κ3) is 4.44. The van der Waals surface area contributed by atoms with Crippen molar-refractivity contribution in [2.75, 3.05) is 24.5 Å². The molecule has 5 rings (SSSR count). The molecule has 2 aliphatic rings. The van der Waals surface area contributed by atoms with Crippen LogP contribution in [0.4, 0.5) is 5.69 Å². The number of likely N-dealkylation sites (tertiary alicyclic amines) is 1. The molecule has 1 aromatic heterocycles. The van der Waals surface area contributed by atoms with E-state index in [0.29, 0.717) is 23.8 Å². The lowest BCUT2D eigenvalue weighted by atomic mass is 9.99. The summed E-state index contributed by atoms with van der Waals surface area (Å²) in [6, 6.07) is 15.9. The van der Waals surface area contributed by atoms with E-state index in [9.17, 15) is 9.59 Å². The van der Waals surface area contributed by atoms with Gasteiger partial charge in [-0.3, -0.25) is 14.5 Å². The van der Waals surface area contributed by atoms with Gasteiger partial charge in [0.25, 0.3) is 5.91 Å². The highest BCUT2D eigenvalue weighted by Crippen LogP contribution is 2.39. The number of thiazole rings is 1. The highest BCUT2D eigenvalue weighted by atomic mass is 32.1. The van der Waals surface area contributed by atoms with Crippen molar-refractivity contribution in [3.05, 3.63) is 53.9 Å². The predicted molar refractivity (Wildman–Crippen MR) is 135 cm³/mol. The molecule has 1 unspecified atom stereocenters. The van der Waals surface area contributed by atoms with Gasteiger partial charge in [-0.15, -0.1) is 11.3 Å². The molecule has 2 aromatic carbocycles. The summed E-state index contributed by atoms with van der Waals surface area (Å²) in [4.78, 5) is 34.7. The largest absolute Gasteiger partial charge is 0.478 e. The normalized spacial score (nSPS) is 18.5. The standard InChI is InChI=1S/C27H29N3O3S/c1-3-23-27(32)30(16-25(31)29-13-11-18(2)12-14-29)22-15-20(9-10-24(22)33-23)21-17-34-26(28-21)19-7-5-4-6-8-19/h4-10,15,17-18,23H,3,11-14,16H2,1-2H3. The summed E-state index contributed by atoms with van der Waals surface area (Å²) in [6.45, 7) is 5.69. The van der Waals surface area contributed by atoms with Crippen LogP contribution in [0.2, 0.25) is 0 Å². The van der Waals surface area contributed by atoms with Gasteiger partial charge in [0.05, 0.1) is 11.4 Å². The van der Waals surface area contributed by atoms with E-state index in [4.69, 9.17) is 9.72 Å². The molecule has 2 aliphatic heterocycles. The lowest BCUT2D eigenvalue weighted by Crippen LogP contribution is -2.51. The first-order valence-electron chi connectivity index (χ1n) is 11.9. The molecule has 3 heterocycles. The number of anilines is 1. The minimum absolute atomic E-state index is 0.00613. The molecular weight excluding hydrogens is 446 g/mol. The molecule has 0 spiro atoms. The van der Waals surface area contributed by atoms with Gasteiger partial charge in [0.2, 0.25) is 5.91 Å². The van der Waals surface area contributed by atoms with Crippen molar-refractivity contribution < 1.29 is 14.3 Å². The molecule has 176 valence electrons. The minimum Gasteiger partial charge on any atom is -0.478 e. The number of fused-ring (bicyclic) bond motifs is 1. The molecule has 0 N–H and O–H groups in total. The van der Waals surface area contributed by atoms with Crippen LogP contribution in [0.1, 0.15) is 33.1 Å². The Kier molecular flexibility index (Phi) is 6.37. The van der Waals surface area contributed by atoms with Crippen molar-refractivity contribution in [2.45, 2.75) is 39.2 Å². The number of rotatable bonds is 5. The fraction of sp³-hybridized carbons (Fsp3) is 0.370. The van der Waals surface area contributed by atoms with Gasteiger partial charge in [-0.25, -0.2) is 4.98 Å². The van der Waals surface area contributed by atoms with Gasteiger partial charge in [-0.1, -0.05) is 44.2 Å². The molecule has 3 aromatic rings. The van der Waals surface area contributed by atoms with E-state index in [-0.39, 0.29) is 18.4 Å². The Bertz CT molecular complexity index is 1180. The van der Waals surface area contributed by atoms with Crippen molar-refractivity contribution in [2.24, 2.45) is 5.92 Å². The molecule has 0 radical (unpaired) electrons. The summed E-state index contributed by atoms with van der Waals surface area (Å²) < 4.78 is 6.00. The van der Waals surface area contributed by atoms with E-state index in [2.05, 4.69) is 6.92 Å². The van der Waals surface area contributed by atoms with E-state index in [1.54, 1.807) is 16.2 Å². The summed E-state index contributed by atoms with van der Waals surface area (Å²) in [5.41, 5.74) is 3.45. The zero-order valence-electron chi connectivity index (χ0n) is 19.6. The Hall–Kier alpha value is -3.19. The van der Waals surface area contributed by atoms with Crippen LogP contribution in [0.15, 0.2) is 53.9 Å². The highest BCUT2D eigenvalue weighted by molar-refractivity contribution is 7.13. The van der Waals surface area contributed by atoms with Gasteiger partial charge in [0.1, 0.15) is 17.3 Å². The number of carbonyl (C=O) groups is 2. The smallest absolute Gasteiger partial charge is 0.268 e. The second kappa shape index (κ2) is 9.58. The number of aromatic nitrogens is 1. The molecule has 6 nitrogen and oxygen atoms in total. The molecule has 1 atom stereocenters. The van der Waals surface area contributed by atoms with Crippen LogP contribution in [-0.2, 0) is 9.59 Å². The fourth-order valence-electron chi connectivity index (χ4n) is 4.52. The first-order chi connectivity index (χ1) is 16.5. The molecular formula is C27H29N3O3S. The fourth-order valence-corrected chi connectivity index (χ4v) is 5.35. The van der Waals surface area contributed by atoms with E-state index >= 15 is 0 Å². The summed E-state index contributed by atoms with van der Waals surface area (Å²) in [5, 5.41) is 2.97. The van der Waals surface area contributed by atoms with Gasteiger partial charge in [-0.2, -0.15) is 0 Å². The van der Waals surface area contributed by atoms with Crippen LogP contribution < -0.4 is 9.64 Å². The first-order valence-corrected chi connectivity index (χ1v) is 12.8. The number of piperidine rings is 1. The SMILES string of the molecule is CCC1Oc2ccc(-c3csc(-c4ccccc4)n3)cc2N(CC(=O)N2CCC(C)CC2)C1=O. The second-order valence-electron chi connectivity index (χ2n) is 9.09. The van der Waals surface area contributed by atoms with Crippen molar-refractivity contribution in [1.29, 1.82) is 0 Å². The molecule has 34 heavy (non-hydrogen) atoms. The van der Waals surface area contributed by atoms with E-state index < -0.39 is 6.10 Å². The molecule has 1 fully saturated rings. The maximum Gasteiger partial charge on any atom is 0.268 e. The number of amides is 2. The van der Waals surface area contributed by atoms with Crippen molar-refractivity contribution in [1.82, 2.24) is 9.88 Å². The Balaban J connectivity index is 1.44. The zero-order chi connectivity index (χ0) is 23.7. The average Bonchev–Trinajstić information content (AvgIpc) is 3.36. The van der Waals surface area contributed by atoms with Crippen LogP contribution in [0.5, 0.6) is 5.75 Å². The molecule has 0 saturated carbocycles. The molecule has 1 saturated heterocycles. The maximum absolute atomic E-state index is 13.2. The number of hydrogen-bond acceptors (Lipinski definition) is 5. The Morgan fingerprint density at radius 1 is 1.12 bits per heavy atom. The number of nitrogens with zero attached hydrogens (tertiary/aromatic N) is 3. The second-order valence-corrected chi connectivity index (χ2v) is 9.95. The maximum atomic E-state index is 13.2. The van der Waals surface area contributed by atoms with Crippen molar-refractivity contribution in [3.63, 3.8) is 0 Å². The lowest BCUT2D eigenvalue weighted by Gasteiger charge is -2.36. The Morgan fingerprint density at radius 3 is 2.62 bits per heavy atom. The monoisotopic (exact) mass is 475 g/mol. The van der Waals surface area contributed by atoms with Crippen LogP contribution in [-0.4, -0.2) is 47.4 Å². The molecule has 7 heteroatoms. The van der Waals surface area contributed by atoms with Gasteiger partial charge >= 0.3 is 0 Å². The zero-order valence-corrected chi connectivity index (χ0v) is 20.4. The quantitative estimate of drug-likeness (QED) is 0.506. The van der Waals surface area contributed by atoms with Crippen LogP contribution in [0.25, 0.3) is 21.8 Å². The van der Waals surface area contributed by atoms with Gasteiger partial charge in [-0.05, 0) is 43.4 Å². The molecule has 0 aliphatic carbocycles. The van der Waals surface area contributed by atoms with E-state index in [1.807, 2.05) is 65.7 Å². The Morgan fingerprint density at radius 2 is 1.88 bits per heavy atom. The van der Waals surface area contributed by atoms with E-state index in [1.165, 1.54) is 0 Å². The number of carbonyl (C=O) groups excluding carboxylic acids is 2. The van der Waals surface area contributed by atoms with E-state index in [0.717, 1.165) is 47.8 Å². The summed E-state index contributed by atoms with van der Waals surface area (Å²) in [6.07, 6.45) is 2.00. The van der Waals surface area contributed by atoms with Crippen LogP contribution >= 0.6 is 11.3 Å². The predicted octanol–water partition coefficient (Wildman–Crippen LogP) is 5.24. The van der Waals surface area contributed by atoms with Gasteiger partial charge in [0, 0.05) is 29.6 Å². The third-order valence-electron chi connectivity index (χ3n) is 6.68. The van der Waals surface area contributed by atoms with Gasteiger partial charge in [0.15, 0.2) is 6.10 Å². The Labute approximate surface area is 204 Å². The van der Waals surface area contributed by atoms with Crippen molar-refractivity contribution >= 4 is 28.8 Å². The van der Waals surface area contributed by atoms with Crippen LogP contribution in [0.3, 0.4) is 0 Å². The molecule has 2 amide bonds.